The Morgan fingerprint density at radius 3 is 2.77 bits per heavy atom. The van der Waals surface area contributed by atoms with Gasteiger partial charge in [0, 0.05) is 21.9 Å². The molecule has 1 amide bonds. The summed E-state index contributed by atoms with van der Waals surface area (Å²) in [5, 5.41) is 11.6. The van der Waals surface area contributed by atoms with E-state index in [4.69, 9.17) is 27.6 Å². The molecule has 5 rings (SSSR count). The average molecular weight is 469 g/mol. The third-order valence-corrected chi connectivity index (χ3v) is 5.96. The molecule has 0 aliphatic heterocycles. The zero-order valence-corrected chi connectivity index (χ0v) is 18.4. The van der Waals surface area contributed by atoms with Crippen LogP contribution in [0.2, 0.25) is 10.0 Å². The Morgan fingerprint density at radius 2 is 1.97 bits per heavy atom. The Bertz CT molecular complexity index is 1400. The number of rotatable bonds is 4. The number of anilines is 1. The van der Waals surface area contributed by atoms with Gasteiger partial charge in [0.15, 0.2) is 5.76 Å². The molecule has 2 aromatic carbocycles. The van der Waals surface area contributed by atoms with Crippen molar-refractivity contribution in [2.45, 2.75) is 6.92 Å². The van der Waals surface area contributed by atoms with Crippen molar-refractivity contribution >= 4 is 57.2 Å². The van der Waals surface area contributed by atoms with Crippen molar-refractivity contribution in [2.75, 3.05) is 5.32 Å². The summed E-state index contributed by atoms with van der Waals surface area (Å²) in [5.74, 6) is 0.794. The smallest absolute Gasteiger partial charge is 0.258 e. The Hall–Kier alpha value is -3.13. The van der Waals surface area contributed by atoms with Gasteiger partial charge in [0.2, 0.25) is 5.13 Å². The normalized spacial score (nSPS) is 11.2. The first-order chi connectivity index (χ1) is 15.0. The summed E-state index contributed by atoms with van der Waals surface area (Å²) in [4.78, 5) is 17.4. The van der Waals surface area contributed by atoms with Gasteiger partial charge in [-0.1, -0.05) is 41.4 Å². The molecule has 154 valence electrons. The highest BCUT2D eigenvalue weighted by Gasteiger charge is 2.18. The van der Waals surface area contributed by atoms with Crippen molar-refractivity contribution in [2.24, 2.45) is 0 Å². The molecule has 5 aromatic rings. The molecule has 0 bridgehead atoms. The van der Waals surface area contributed by atoms with Gasteiger partial charge in [-0.2, -0.15) is 9.78 Å². The van der Waals surface area contributed by atoms with E-state index in [1.807, 2.05) is 42.6 Å². The van der Waals surface area contributed by atoms with E-state index >= 15 is 0 Å². The Labute approximate surface area is 191 Å². The molecule has 0 fully saturated rings. The fraction of sp³-hybridized carbons (Fsp3) is 0.0455. The van der Waals surface area contributed by atoms with E-state index in [0.717, 1.165) is 16.7 Å². The minimum atomic E-state index is -0.364. The van der Waals surface area contributed by atoms with Gasteiger partial charge in [0.1, 0.15) is 17.1 Å². The highest BCUT2D eigenvalue weighted by Crippen LogP contribution is 2.31. The zero-order valence-electron chi connectivity index (χ0n) is 16.1. The molecule has 0 unspecified atom stereocenters. The van der Waals surface area contributed by atoms with Gasteiger partial charge in [-0.15, -0.1) is 11.3 Å². The first-order valence-corrected chi connectivity index (χ1v) is 10.9. The first kappa shape index (κ1) is 19.8. The van der Waals surface area contributed by atoms with E-state index in [9.17, 15) is 4.79 Å². The molecule has 0 saturated carbocycles. The fourth-order valence-corrected chi connectivity index (χ4v) is 4.44. The van der Waals surface area contributed by atoms with E-state index < -0.39 is 0 Å². The minimum absolute atomic E-state index is 0.272. The molecule has 9 heteroatoms. The number of amides is 1. The van der Waals surface area contributed by atoms with Gasteiger partial charge in [-0.05, 0) is 37.3 Å². The average Bonchev–Trinajstić information content (AvgIpc) is 3.45. The maximum atomic E-state index is 12.8. The Kier molecular flexibility index (Phi) is 5.02. The molecule has 1 N–H and O–H groups in total. The highest BCUT2D eigenvalue weighted by molar-refractivity contribution is 7.12. The van der Waals surface area contributed by atoms with Crippen LogP contribution in [0.25, 0.3) is 27.6 Å². The van der Waals surface area contributed by atoms with Crippen molar-refractivity contribution in [1.29, 1.82) is 0 Å². The predicted molar refractivity (Wildman–Crippen MR) is 124 cm³/mol. The van der Waals surface area contributed by atoms with Crippen LogP contribution in [0.4, 0.5) is 5.82 Å². The van der Waals surface area contributed by atoms with Gasteiger partial charge >= 0.3 is 0 Å². The minimum Gasteiger partial charge on any atom is -0.454 e. The summed E-state index contributed by atoms with van der Waals surface area (Å²) in [5.41, 5.74) is 2.55. The summed E-state index contributed by atoms with van der Waals surface area (Å²) in [7, 11) is 0. The van der Waals surface area contributed by atoms with Crippen LogP contribution in [0.1, 0.15) is 16.1 Å². The number of aromatic nitrogens is 3. The summed E-state index contributed by atoms with van der Waals surface area (Å²) in [6.45, 7) is 1.84. The van der Waals surface area contributed by atoms with Gasteiger partial charge in [-0.3, -0.25) is 4.79 Å². The summed E-state index contributed by atoms with van der Waals surface area (Å²) in [6, 6.07) is 16.2. The summed E-state index contributed by atoms with van der Waals surface area (Å²) < 4.78 is 7.49. The number of carbonyl (C=O) groups is 1. The number of benzene rings is 2. The number of furan rings is 1. The summed E-state index contributed by atoms with van der Waals surface area (Å²) >= 11 is 13.5. The van der Waals surface area contributed by atoms with E-state index in [2.05, 4.69) is 15.4 Å². The Morgan fingerprint density at radius 1 is 1.13 bits per heavy atom. The van der Waals surface area contributed by atoms with E-state index in [0.29, 0.717) is 33.0 Å². The SMILES string of the molecule is Cc1cc(NC(=O)c2ccc(Cl)cc2Cl)n(-c2nc(-c3cc4ccccc4o3)cs2)n1. The maximum Gasteiger partial charge on any atom is 0.258 e. The standard InChI is InChI=1S/C22H14Cl2N4O2S/c1-12-8-20(26-21(29)15-7-6-14(23)10-16(15)24)28(27-12)22-25-17(11-31-22)19-9-13-4-2-3-5-18(13)30-19/h2-11H,1H3,(H,26,29). The van der Waals surface area contributed by atoms with Crippen molar-refractivity contribution < 1.29 is 9.21 Å². The van der Waals surface area contributed by atoms with Gasteiger partial charge < -0.3 is 9.73 Å². The fourth-order valence-electron chi connectivity index (χ4n) is 3.17. The van der Waals surface area contributed by atoms with Crippen molar-refractivity contribution in [3.05, 3.63) is 81.3 Å². The second kappa shape index (κ2) is 7.85. The van der Waals surface area contributed by atoms with Crippen LogP contribution in [-0.2, 0) is 0 Å². The topological polar surface area (TPSA) is 73.0 Å². The van der Waals surface area contributed by atoms with Crippen LogP contribution >= 0.6 is 34.5 Å². The highest BCUT2D eigenvalue weighted by atomic mass is 35.5. The molecule has 0 aliphatic rings. The number of para-hydroxylation sites is 1. The molecule has 0 radical (unpaired) electrons. The number of hydrogen-bond acceptors (Lipinski definition) is 5. The largest absolute Gasteiger partial charge is 0.454 e. The molecular weight excluding hydrogens is 455 g/mol. The van der Waals surface area contributed by atoms with Gasteiger partial charge in [0.05, 0.1) is 16.3 Å². The number of hydrogen-bond donors (Lipinski definition) is 1. The van der Waals surface area contributed by atoms with E-state index in [1.165, 1.54) is 17.4 Å². The number of halogens is 2. The Balaban J connectivity index is 1.46. The van der Waals surface area contributed by atoms with Crippen LogP contribution in [0.3, 0.4) is 0 Å². The van der Waals surface area contributed by atoms with Crippen molar-refractivity contribution in [3.63, 3.8) is 0 Å². The number of nitrogens with one attached hydrogen (secondary N) is 1. The molecule has 6 nitrogen and oxygen atoms in total. The summed E-state index contributed by atoms with van der Waals surface area (Å²) in [6.07, 6.45) is 0. The molecule has 0 aliphatic carbocycles. The lowest BCUT2D eigenvalue weighted by Gasteiger charge is -2.08. The van der Waals surface area contributed by atoms with Crippen LogP contribution in [0.15, 0.2) is 64.4 Å². The van der Waals surface area contributed by atoms with E-state index in [1.54, 1.807) is 22.9 Å². The van der Waals surface area contributed by atoms with Crippen LogP contribution in [0, 0.1) is 6.92 Å². The van der Waals surface area contributed by atoms with Gasteiger partial charge in [0.25, 0.3) is 5.91 Å². The van der Waals surface area contributed by atoms with Crippen molar-refractivity contribution in [3.8, 4) is 16.6 Å². The number of nitrogens with zero attached hydrogens (tertiary/aromatic N) is 3. The second-order valence-corrected chi connectivity index (χ2v) is 8.51. The van der Waals surface area contributed by atoms with Crippen LogP contribution < -0.4 is 5.32 Å². The zero-order chi connectivity index (χ0) is 21.5. The molecule has 3 aromatic heterocycles. The lowest BCUT2D eigenvalue weighted by molar-refractivity contribution is 0.102. The molecule has 0 atom stereocenters. The third-order valence-electron chi connectivity index (χ3n) is 4.60. The first-order valence-electron chi connectivity index (χ1n) is 9.26. The number of carbonyl (C=O) groups excluding carboxylic acids is 1. The predicted octanol–water partition coefficient (Wildman–Crippen LogP) is 6.61. The lowest BCUT2D eigenvalue weighted by atomic mass is 10.2. The lowest BCUT2D eigenvalue weighted by Crippen LogP contribution is -2.15. The molecule has 31 heavy (non-hydrogen) atoms. The van der Waals surface area contributed by atoms with E-state index in [-0.39, 0.29) is 10.9 Å². The third kappa shape index (κ3) is 3.83. The monoisotopic (exact) mass is 468 g/mol. The number of thiazole rings is 1. The van der Waals surface area contributed by atoms with Gasteiger partial charge in [-0.25, -0.2) is 4.98 Å². The molecule has 3 heterocycles. The van der Waals surface area contributed by atoms with Crippen LogP contribution in [0.5, 0.6) is 0 Å². The maximum absolute atomic E-state index is 12.8. The second-order valence-electron chi connectivity index (χ2n) is 6.82. The molecule has 0 spiro atoms. The van der Waals surface area contributed by atoms with Crippen molar-refractivity contribution in [1.82, 2.24) is 14.8 Å². The quantitative estimate of drug-likeness (QED) is 0.322. The van der Waals surface area contributed by atoms with Crippen LogP contribution in [-0.4, -0.2) is 20.7 Å². The molecule has 0 saturated heterocycles. The number of fused-ring (bicyclic) bond motifs is 1. The molecular formula is C22H14Cl2N4O2S. The number of aryl methyl sites for hydroxylation is 1.